The Morgan fingerprint density at radius 2 is 1.50 bits per heavy atom. The summed E-state index contributed by atoms with van der Waals surface area (Å²) in [6, 6.07) is 11.9. The number of alkyl halides is 3. The first-order valence-corrected chi connectivity index (χ1v) is 7.06. The molecular formula is C17H15F3O4. The average molecular weight is 340 g/mol. The van der Waals surface area contributed by atoms with Crippen LogP contribution in [-0.2, 0) is 4.74 Å². The lowest BCUT2D eigenvalue weighted by Gasteiger charge is -2.10. The van der Waals surface area contributed by atoms with E-state index >= 15 is 0 Å². The molecule has 0 aliphatic heterocycles. The van der Waals surface area contributed by atoms with Gasteiger partial charge < -0.3 is 14.2 Å². The van der Waals surface area contributed by atoms with Crippen molar-refractivity contribution in [2.75, 3.05) is 13.2 Å². The van der Waals surface area contributed by atoms with E-state index in [1.807, 2.05) is 6.92 Å². The fourth-order valence-corrected chi connectivity index (χ4v) is 1.80. The van der Waals surface area contributed by atoms with Gasteiger partial charge in [0.25, 0.3) is 0 Å². The van der Waals surface area contributed by atoms with Crippen LogP contribution in [-0.4, -0.2) is 25.5 Å². The first-order chi connectivity index (χ1) is 11.3. The van der Waals surface area contributed by atoms with Gasteiger partial charge in [-0.15, -0.1) is 13.2 Å². The fraction of sp³-hybridized carbons (Fsp3) is 0.235. The second kappa shape index (κ2) is 7.72. The quantitative estimate of drug-likeness (QED) is 0.586. The Hall–Kier alpha value is -2.70. The summed E-state index contributed by atoms with van der Waals surface area (Å²) in [5, 5.41) is 0. The van der Waals surface area contributed by atoms with E-state index in [2.05, 4.69) is 4.74 Å². The highest BCUT2D eigenvalue weighted by atomic mass is 19.4. The van der Waals surface area contributed by atoms with E-state index in [1.54, 1.807) is 24.3 Å². The standard InChI is InChI=1S/C17H15F3O4/c1-12-2-4-13(5-3-12)16(21)23-11-10-22-14-6-8-15(9-7-14)24-17(18,19)20/h2-9H,10-11H2,1H3. The number of benzene rings is 2. The highest BCUT2D eigenvalue weighted by Crippen LogP contribution is 2.24. The third kappa shape index (κ3) is 5.83. The van der Waals surface area contributed by atoms with E-state index in [1.165, 1.54) is 12.1 Å². The molecule has 0 radical (unpaired) electrons. The van der Waals surface area contributed by atoms with E-state index in [9.17, 15) is 18.0 Å². The SMILES string of the molecule is Cc1ccc(C(=O)OCCOc2ccc(OC(F)(F)F)cc2)cc1. The van der Waals surface area contributed by atoms with Crippen LogP contribution in [0.4, 0.5) is 13.2 Å². The molecule has 128 valence electrons. The molecule has 0 aliphatic rings. The van der Waals surface area contributed by atoms with Crippen molar-refractivity contribution in [1.82, 2.24) is 0 Å². The monoisotopic (exact) mass is 340 g/mol. The van der Waals surface area contributed by atoms with Crippen molar-refractivity contribution in [3.05, 3.63) is 59.7 Å². The molecule has 0 aromatic heterocycles. The highest BCUT2D eigenvalue weighted by Gasteiger charge is 2.30. The van der Waals surface area contributed by atoms with Gasteiger partial charge >= 0.3 is 12.3 Å². The van der Waals surface area contributed by atoms with Gasteiger partial charge in [0, 0.05) is 0 Å². The minimum Gasteiger partial charge on any atom is -0.490 e. The lowest BCUT2D eigenvalue weighted by atomic mass is 10.1. The molecule has 0 heterocycles. The number of halogens is 3. The molecule has 0 N–H and O–H groups in total. The smallest absolute Gasteiger partial charge is 0.490 e. The minimum absolute atomic E-state index is 0.0213. The number of hydrogen-bond donors (Lipinski definition) is 0. The van der Waals surface area contributed by atoms with Gasteiger partial charge in [0.1, 0.15) is 24.7 Å². The largest absolute Gasteiger partial charge is 0.573 e. The number of ether oxygens (including phenoxy) is 3. The normalized spacial score (nSPS) is 11.0. The molecule has 2 aromatic carbocycles. The Morgan fingerprint density at radius 3 is 2.08 bits per heavy atom. The topological polar surface area (TPSA) is 44.8 Å². The molecule has 0 unspecified atom stereocenters. The second-order valence-electron chi connectivity index (χ2n) is 4.87. The van der Waals surface area contributed by atoms with Crippen LogP contribution in [0.1, 0.15) is 15.9 Å². The third-order valence-electron chi connectivity index (χ3n) is 2.93. The Labute approximate surface area is 136 Å². The summed E-state index contributed by atoms with van der Waals surface area (Å²) in [5.41, 5.74) is 1.47. The predicted molar refractivity (Wildman–Crippen MR) is 80.1 cm³/mol. The van der Waals surface area contributed by atoms with E-state index in [4.69, 9.17) is 9.47 Å². The Bertz CT molecular complexity index is 664. The summed E-state index contributed by atoms with van der Waals surface area (Å²) < 4.78 is 50.1. The maximum Gasteiger partial charge on any atom is 0.573 e. The van der Waals surface area contributed by atoms with Gasteiger partial charge in [-0.1, -0.05) is 17.7 Å². The molecule has 0 aliphatic carbocycles. The van der Waals surface area contributed by atoms with Crippen molar-refractivity contribution >= 4 is 5.97 Å². The number of rotatable bonds is 6. The second-order valence-corrected chi connectivity index (χ2v) is 4.87. The van der Waals surface area contributed by atoms with Crippen LogP contribution in [0.15, 0.2) is 48.5 Å². The lowest BCUT2D eigenvalue weighted by molar-refractivity contribution is -0.274. The molecule has 4 nitrogen and oxygen atoms in total. The molecule has 0 fully saturated rings. The predicted octanol–water partition coefficient (Wildman–Crippen LogP) is 4.13. The van der Waals surface area contributed by atoms with Gasteiger partial charge in [0.2, 0.25) is 0 Å². The molecule has 0 bridgehead atoms. The molecule has 2 rings (SSSR count). The van der Waals surface area contributed by atoms with Crippen LogP contribution >= 0.6 is 0 Å². The minimum atomic E-state index is -4.73. The molecule has 0 atom stereocenters. The first-order valence-electron chi connectivity index (χ1n) is 7.06. The van der Waals surface area contributed by atoms with Crippen molar-refractivity contribution in [2.45, 2.75) is 13.3 Å². The number of aryl methyl sites for hydroxylation is 1. The zero-order valence-electron chi connectivity index (χ0n) is 12.8. The van der Waals surface area contributed by atoms with Crippen molar-refractivity contribution < 1.29 is 32.2 Å². The molecule has 7 heteroatoms. The Morgan fingerprint density at radius 1 is 0.917 bits per heavy atom. The first kappa shape index (κ1) is 17.7. The van der Waals surface area contributed by atoms with E-state index in [0.29, 0.717) is 11.3 Å². The highest BCUT2D eigenvalue weighted by molar-refractivity contribution is 5.89. The number of esters is 1. The van der Waals surface area contributed by atoms with Gasteiger partial charge in [0.15, 0.2) is 0 Å². The van der Waals surface area contributed by atoms with Crippen molar-refractivity contribution in [3.8, 4) is 11.5 Å². The molecule has 0 spiro atoms. The summed E-state index contributed by atoms with van der Waals surface area (Å²) in [6.07, 6.45) is -4.73. The lowest BCUT2D eigenvalue weighted by Crippen LogP contribution is -2.17. The summed E-state index contributed by atoms with van der Waals surface area (Å²) in [4.78, 5) is 11.7. The molecule has 24 heavy (non-hydrogen) atoms. The van der Waals surface area contributed by atoms with Gasteiger partial charge in [-0.2, -0.15) is 0 Å². The van der Waals surface area contributed by atoms with Crippen LogP contribution in [0.2, 0.25) is 0 Å². The average Bonchev–Trinajstić information content (AvgIpc) is 2.52. The van der Waals surface area contributed by atoms with E-state index in [-0.39, 0.29) is 19.0 Å². The van der Waals surface area contributed by atoms with E-state index in [0.717, 1.165) is 17.7 Å². The molecule has 0 amide bonds. The number of carbonyl (C=O) groups excluding carboxylic acids is 1. The van der Waals surface area contributed by atoms with Gasteiger partial charge in [-0.05, 0) is 43.3 Å². The van der Waals surface area contributed by atoms with Crippen LogP contribution < -0.4 is 9.47 Å². The van der Waals surface area contributed by atoms with Crippen LogP contribution in [0.25, 0.3) is 0 Å². The van der Waals surface area contributed by atoms with Gasteiger partial charge in [-0.25, -0.2) is 4.79 Å². The van der Waals surface area contributed by atoms with Gasteiger partial charge in [0.05, 0.1) is 5.56 Å². The number of hydrogen-bond acceptors (Lipinski definition) is 4. The summed E-state index contributed by atoms with van der Waals surface area (Å²) >= 11 is 0. The Kier molecular flexibility index (Phi) is 5.68. The summed E-state index contributed by atoms with van der Waals surface area (Å²) in [6.45, 7) is 2.01. The summed E-state index contributed by atoms with van der Waals surface area (Å²) in [7, 11) is 0. The zero-order chi connectivity index (χ0) is 17.6. The van der Waals surface area contributed by atoms with Crippen LogP contribution in [0.3, 0.4) is 0 Å². The van der Waals surface area contributed by atoms with Crippen molar-refractivity contribution in [1.29, 1.82) is 0 Å². The van der Waals surface area contributed by atoms with Crippen LogP contribution in [0.5, 0.6) is 11.5 Å². The zero-order valence-corrected chi connectivity index (χ0v) is 12.8. The van der Waals surface area contributed by atoms with Gasteiger partial charge in [-0.3, -0.25) is 0 Å². The molecule has 0 saturated heterocycles. The molecule has 0 saturated carbocycles. The maximum absolute atomic E-state index is 12.0. The number of carbonyl (C=O) groups is 1. The Balaban J connectivity index is 1.74. The van der Waals surface area contributed by atoms with Crippen LogP contribution in [0, 0.1) is 6.92 Å². The maximum atomic E-state index is 12.0. The van der Waals surface area contributed by atoms with Crippen molar-refractivity contribution in [2.24, 2.45) is 0 Å². The van der Waals surface area contributed by atoms with Crippen molar-refractivity contribution in [3.63, 3.8) is 0 Å². The molecular weight excluding hydrogens is 325 g/mol. The third-order valence-corrected chi connectivity index (χ3v) is 2.93. The summed E-state index contributed by atoms with van der Waals surface area (Å²) in [5.74, 6) is -0.455. The fourth-order valence-electron chi connectivity index (χ4n) is 1.80. The van der Waals surface area contributed by atoms with E-state index < -0.39 is 12.3 Å². The molecule has 2 aromatic rings.